The van der Waals surface area contributed by atoms with Crippen LogP contribution in [-0.4, -0.2) is 19.0 Å². The van der Waals surface area contributed by atoms with Crippen molar-refractivity contribution in [2.75, 3.05) is 18.0 Å². The SMILES string of the molecule is C#CCCCCC(=O)N1CC(CCN)c2ccccc21. The van der Waals surface area contributed by atoms with Crippen LogP contribution < -0.4 is 10.6 Å². The molecule has 0 spiro atoms. The van der Waals surface area contributed by atoms with Crippen LogP contribution in [0.1, 0.15) is 43.6 Å². The average Bonchev–Trinajstić information content (AvgIpc) is 2.83. The molecule has 1 aliphatic rings. The predicted molar refractivity (Wildman–Crippen MR) is 82.5 cm³/mol. The van der Waals surface area contributed by atoms with Crippen LogP contribution in [-0.2, 0) is 4.79 Å². The molecule has 1 unspecified atom stereocenters. The van der Waals surface area contributed by atoms with Gasteiger partial charge in [0.25, 0.3) is 0 Å². The van der Waals surface area contributed by atoms with Gasteiger partial charge in [0.05, 0.1) is 0 Å². The first-order valence-electron chi connectivity index (χ1n) is 7.30. The summed E-state index contributed by atoms with van der Waals surface area (Å²) in [6, 6.07) is 8.16. The molecule has 106 valence electrons. The molecular formula is C17H22N2O. The van der Waals surface area contributed by atoms with Gasteiger partial charge in [0.15, 0.2) is 0 Å². The van der Waals surface area contributed by atoms with E-state index in [4.69, 9.17) is 12.2 Å². The number of benzene rings is 1. The lowest BCUT2D eigenvalue weighted by atomic mass is 9.98. The van der Waals surface area contributed by atoms with Crippen LogP contribution in [0.15, 0.2) is 24.3 Å². The molecule has 1 aromatic rings. The summed E-state index contributed by atoms with van der Waals surface area (Å²) in [5.74, 6) is 3.19. The summed E-state index contributed by atoms with van der Waals surface area (Å²) in [5, 5.41) is 0. The molecule has 0 fully saturated rings. The number of hydrogen-bond acceptors (Lipinski definition) is 2. The molecule has 0 saturated carbocycles. The van der Waals surface area contributed by atoms with Crippen molar-refractivity contribution in [3.8, 4) is 12.3 Å². The van der Waals surface area contributed by atoms with E-state index in [0.717, 1.165) is 37.9 Å². The molecule has 1 aromatic carbocycles. The topological polar surface area (TPSA) is 46.3 Å². The van der Waals surface area contributed by atoms with Gasteiger partial charge in [0, 0.05) is 31.0 Å². The minimum atomic E-state index is 0.203. The molecule has 3 heteroatoms. The third-order valence-electron chi connectivity index (χ3n) is 3.85. The lowest BCUT2D eigenvalue weighted by Crippen LogP contribution is -2.29. The number of terminal acetylenes is 1. The van der Waals surface area contributed by atoms with Crippen molar-refractivity contribution < 1.29 is 4.79 Å². The molecule has 0 aliphatic carbocycles. The van der Waals surface area contributed by atoms with E-state index in [1.54, 1.807) is 0 Å². The van der Waals surface area contributed by atoms with Crippen molar-refractivity contribution in [1.82, 2.24) is 0 Å². The molecule has 1 amide bonds. The second kappa shape index (κ2) is 7.12. The number of amides is 1. The van der Waals surface area contributed by atoms with Gasteiger partial charge >= 0.3 is 0 Å². The first-order chi connectivity index (χ1) is 9.77. The van der Waals surface area contributed by atoms with Crippen LogP contribution in [0.4, 0.5) is 5.69 Å². The number of unbranched alkanes of at least 4 members (excludes halogenated alkanes) is 2. The van der Waals surface area contributed by atoms with Crippen molar-refractivity contribution in [2.24, 2.45) is 5.73 Å². The summed E-state index contributed by atoms with van der Waals surface area (Å²) in [5.41, 5.74) is 8.00. The number of nitrogens with zero attached hydrogens (tertiary/aromatic N) is 1. The summed E-state index contributed by atoms with van der Waals surface area (Å²) in [4.78, 5) is 14.3. The fourth-order valence-electron chi connectivity index (χ4n) is 2.82. The minimum absolute atomic E-state index is 0.203. The van der Waals surface area contributed by atoms with Gasteiger partial charge in [0.1, 0.15) is 0 Å². The molecule has 1 atom stereocenters. The highest BCUT2D eigenvalue weighted by atomic mass is 16.2. The third-order valence-corrected chi connectivity index (χ3v) is 3.85. The summed E-state index contributed by atoms with van der Waals surface area (Å²) >= 11 is 0. The summed E-state index contributed by atoms with van der Waals surface area (Å²) < 4.78 is 0. The van der Waals surface area contributed by atoms with Gasteiger partial charge in [-0.05, 0) is 37.4 Å². The highest BCUT2D eigenvalue weighted by Gasteiger charge is 2.30. The normalized spacial score (nSPS) is 16.8. The van der Waals surface area contributed by atoms with E-state index in [0.29, 0.717) is 18.9 Å². The van der Waals surface area contributed by atoms with Crippen LogP contribution in [0.5, 0.6) is 0 Å². The largest absolute Gasteiger partial charge is 0.330 e. The Kier molecular flexibility index (Phi) is 5.20. The Morgan fingerprint density at radius 1 is 1.40 bits per heavy atom. The molecule has 0 saturated heterocycles. The zero-order valence-electron chi connectivity index (χ0n) is 11.8. The van der Waals surface area contributed by atoms with Crippen LogP contribution in [0.25, 0.3) is 0 Å². The number of rotatable bonds is 6. The van der Waals surface area contributed by atoms with Gasteiger partial charge in [-0.2, -0.15) is 0 Å². The number of nitrogens with two attached hydrogens (primary N) is 1. The molecule has 20 heavy (non-hydrogen) atoms. The zero-order chi connectivity index (χ0) is 14.4. The lowest BCUT2D eigenvalue weighted by molar-refractivity contribution is -0.118. The van der Waals surface area contributed by atoms with E-state index in [1.807, 2.05) is 23.1 Å². The maximum atomic E-state index is 12.4. The summed E-state index contributed by atoms with van der Waals surface area (Å²) in [7, 11) is 0. The number of hydrogen-bond donors (Lipinski definition) is 1. The van der Waals surface area contributed by atoms with E-state index in [1.165, 1.54) is 5.56 Å². The van der Waals surface area contributed by atoms with E-state index >= 15 is 0 Å². The van der Waals surface area contributed by atoms with Gasteiger partial charge in [-0.15, -0.1) is 12.3 Å². The Morgan fingerprint density at radius 3 is 2.95 bits per heavy atom. The van der Waals surface area contributed by atoms with Crippen LogP contribution in [0.2, 0.25) is 0 Å². The van der Waals surface area contributed by atoms with Gasteiger partial charge in [0.2, 0.25) is 5.91 Å². The fourth-order valence-corrected chi connectivity index (χ4v) is 2.82. The average molecular weight is 270 g/mol. The first kappa shape index (κ1) is 14.6. The standard InChI is InChI=1S/C17H22N2O/c1-2-3-4-5-10-17(20)19-13-14(11-12-18)15-8-6-7-9-16(15)19/h1,6-9,14H,3-5,10-13,18H2. The molecule has 1 heterocycles. The van der Waals surface area contributed by atoms with E-state index < -0.39 is 0 Å². The van der Waals surface area contributed by atoms with Crippen molar-refractivity contribution >= 4 is 11.6 Å². The van der Waals surface area contributed by atoms with Crippen LogP contribution in [0.3, 0.4) is 0 Å². The molecule has 1 aliphatic heterocycles. The number of fused-ring (bicyclic) bond motifs is 1. The number of anilines is 1. The maximum absolute atomic E-state index is 12.4. The van der Waals surface area contributed by atoms with E-state index in [-0.39, 0.29) is 5.91 Å². The Bertz CT molecular complexity index is 504. The van der Waals surface area contributed by atoms with Crippen molar-refractivity contribution in [2.45, 2.75) is 38.0 Å². The first-order valence-corrected chi connectivity index (χ1v) is 7.30. The number of para-hydroxylation sites is 1. The van der Waals surface area contributed by atoms with Gasteiger partial charge in [-0.25, -0.2) is 0 Å². The zero-order valence-corrected chi connectivity index (χ0v) is 11.8. The molecule has 2 rings (SSSR count). The monoisotopic (exact) mass is 270 g/mol. The molecule has 0 aromatic heterocycles. The van der Waals surface area contributed by atoms with Crippen molar-refractivity contribution in [3.05, 3.63) is 29.8 Å². The molecule has 0 bridgehead atoms. The maximum Gasteiger partial charge on any atom is 0.227 e. The second-order valence-corrected chi connectivity index (χ2v) is 5.25. The quantitative estimate of drug-likeness (QED) is 0.638. The van der Waals surface area contributed by atoms with Gasteiger partial charge in [-0.3, -0.25) is 4.79 Å². The Morgan fingerprint density at radius 2 is 2.20 bits per heavy atom. The summed E-state index contributed by atoms with van der Waals surface area (Å²) in [6.45, 7) is 1.42. The van der Waals surface area contributed by atoms with Crippen LogP contribution in [0, 0.1) is 12.3 Å². The second-order valence-electron chi connectivity index (χ2n) is 5.25. The Hall–Kier alpha value is -1.79. The Labute approximate surface area is 121 Å². The number of carbonyl (C=O) groups is 1. The highest BCUT2D eigenvalue weighted by molar-refractivity contribution is 5.95. The number of carbonyl (C=O) groups excluding carboxylic acids is 1. The molecule has 3 nitrogen and oxygen atoms in total. The predicted octanol–water partition coefficient (Wildman–Crippen LogP) is 2.66. The van der Waals surface area contributed by atoms with E-state index in [2.05, 4.69) is 12.0 Å². The molecule has 0 radical (unpaired) electrons. The Balaban J connectivity index is 2.02. The lowest BCUT2D eigenvalue weighted by Gasteiger charge is -2.17. The van der Waals surface area contributed by atoms with E-state index in [9.17, 15) is 4.79 Å². The molecule has 2 N–H and O–H groups in total. The smallest absolute Gasteiger partial charge is 0.227 e. The minimum Gasteiger partial charge on any atom is -0.330 e. The summed E-state index contributed by atoms with van der Waals surface area (Å²) in [6.07, 6.45) is 9.26. The highest BCUT2D eigenvalue weighted by Crippen LogP contribution is 2.38. The van der Waals surface area contributed by atoms with Gasteiger partial charge < -0.3 is 10.6 Å². The van der Waals surface area contributed by atoms with Crippen LogP contribution >= 0.6 is 0 Å². The molecular weight excluding hydrogens is 248 g/mol. The fraction of sp³-hybridized carbons (Fsp3) is 0.471. The third kappa shape index (κ3) is 3.20. The van der Waals surface area contributed by atoms with Crippen molar-refractivity contribution in [1.29, 1.82) is 0 Å². The van der Waals surface area contributed by atoms with Crippen molar-refractivity contribution in [3.63, 3.8) is 0 Å². The van der Waals surface area contributed by atoms with Gasteiger partial charge in [-0.1, -0.05) is 18.2 Å².